The number of rotatable bonds is 6. The van der Waals surface area contributed by atoms with Gasteiger partial charge in [-0.25, -0.2) is 9.97 Å². The summed E-state index contributed by atoms with van der Waals surface area (Å²) in [6, 6.07) is 6.91. The van der Waals surface area contributed by atoms with Gasteiger partial charge in [-0.1, -0.05) is 12.1 Å². The fourth-order valence-electron chi connectivity index (χ4n) is 1.99. The summed E-state index contributed by atoms with van der Waals surface area (Å²) in [5.74, 6) is -0.523. The van der Waals surface area contributed by atoms with E-state index in [1.54, 1.807) is 12.1 Å². The summed E-state index contributed by atoms with van der Waals surface area (Å²) in [4.78, 5) is 21.6. The molecular formula is C16H12F3N3O2S2. The summed E-state index contributed by atoms with van der Waals surface area (Å²) >= 11 is 2.76. The van der Waals surface area contributed by atoms with E-state index in [9.17, 15) is 18.0 Å². The number of halogens is 3. The van der Waals surface area contributed by atoms with Gasteiger partial charge in [0.05, 0.1) is 11.1 Å². The topological polar surface area (TPSA) is 64.1 Å². The van der Waals surface area contributed by atoms with Crippen LogP contribution in [0.5, 0.6) is 5.88 Å². The number of nitrogens with zero attached hydrogens (tertiary/aromatic N) is 2. The molecule has 1 N–H and O–H groups in total. The van der Waals surface area contributed by atoms with E-state index in [2.05, 4.69) is 15.3 Å². The lowest BCUT2D eigenvalue weighted by atomic mass is 10.2. The number of carbonyl (C=O) groups excluding carboxylic acids is 1. The molecule has 0 fully saturated rings. The Morgan fingerprint density at radius 1 is 1.23 bits per heavy atom. The number of thiazole rings is 1. The summed E-state index contributed by atoms with van der Waals surface area (Å²) in [5, 5.41) is 5.30. The van der Waals surface area contributed by atoms with E-state index in [0.29, 0.717) is 10.4 Å². The lowest BCUT2D eigenvalue weighted by Gasteiger charge is -2.12. The number of alkyl halides is 3. The van der Waals surface area contributed by atoms with E-state index < -0.39 is 12.8 Å². The van der Waals surface area contributed by atoms with Crippen molar-refractivity contribution in [1.29, 1.82) is 0 Å². The zero-order valence-corrected chi connectivity index (χ0v) is 14.7. The van der Waals surface area contributed by atoms with Crippen molar-refractivity contribution in [2.75, 3.05) is 6.61 Å². The third kappa shape index (κ3) is 4.79. The van der Waals surface area contributed by atoms with Crippen molar-refractivity contribution in [3.63, 3.8) is 0 Å². The minimum absolute atomic E-state index is 0.00784. The second-order valence-electron chi connectivity index (χ2n) is 5.06. The predicted octanol–water partition coefficient (Wildman–Crippen LogP) is 4.14. The van der Waals surface area contributed by atoms with Gasteiger partial charge in [0.1, 0.15) is 9.88 Å². The molecule has 0 bridgehead atoms. The van der Waals surface area contributed by atoms with Crippen LogP contribution in [0.4, 0.5) is 13.2 Å². The molecule has 1 amide bonds. The number of ether oxygens (including phenoxy) is 1. The Bertz CT molecular complexity index is 879. The van der Waals surface area contributed by atoms with Crippen molar-refractivity contribution in [2.45, 2.75) is 12.7 Å². The predicted molar refractivity (Wildman–Crippen MR) is 92.4 cm³/mol. The van der Waals surface area contributed by atoms with Crippen LogP contribution in [0.3, 0.4) is 0 Å². The third-order valence-electron chi connectivity index (χ3n) is 3.12. The second-order valence-corrected chi connectivity index (χ2v) is 7.04. The highest BCUT2D eigenvalue weighted by Crippen LogP contribution is 2.29. The molecule has 3 aromatic heterocycles. The highest BCUT2D eigenvalue weighted by Gasteiger charge is 2.29. The molecule has 0 aliphatic rings. The maximum absolute atomic E-state index is 12.3. The summed E-state index contributed by atoms with van der Waals surface area (Å²) in [7, 11) is 0. The van der Waals surface area contributed by atoms with E-state index in [0.717, 1.165) is 9.88 Å². The molecule has 0 aliphatic carbocycles. The number of nitrogens with one attached hydrogen (secondary N) is 1. The second kappa shape index (κ2) is 7.83. The standard InChI is InChI=1S/C16H12F3N3O2S2/c17-16(18,19)9-24-14-10(3-1-5-20-14)7-21-13(23)12-8-22-15(26-12)11-4-2-6-25-11/h1-6,8H,7,9H2,(H,21,23). The Hall–Kier alpha value is -2.46. The number of thiophene rings is 1. The normalized spacial score (nSPS) is 11.3. The number of aromatic nitrogens is 2. The van der Waals surface area contributed by atoms with Gasteiger partial charge in [0.15, 0.2) is 6.61 Å². The molecule has 0 unspecified atom stereocenters. The maximum atomic E-state index is 12.3. The van der Waals surface area contributed by atoms with Crippen LogP contribution in [0, 0.1) is 0 Å². The minimum Gasteiger partial charge on any atom is -0.468 e. The Kier molecular flexibility index (Phi) is 5.52. The first-order chi connectivity index (χ1) is 12.4. The monoisotopic (exact) mass is 399 g/mol. The molecule has 0 atom stereocenters. The quantitative estimate of drug-likeness (QED) is 0.677. The Balaban J connectivity index is 1.63. The molecule has 10 heteroatoms. The van der Waals surface area contributed by atoms with Gasteiger partial charge >= 0.3 is 6.18 Å². The molecule has 0 saturated carbocycles. The highest BCUT2D eigenvalue weighted by molar-refractivity contribution is 7.21. The smallest absolute Gasteiger partial charge is 0.422 e. The van der Waals surface area contributed by atoms with Crippen molar-refractivity contribution in [1.82, 2.24) is 15.3 Å². The van der Waals surface area contributed by atoms with Crippen molar-refractivity contribution in [3.8, 4) is 15.8 Å². The summed E-state index contributed by atoms with van der Waals surface area (Å²) < 4.78 is 41.6. The van der Waals surface area contributed by atoms with Crippen LogP contribution in [-0.2, 0) is 6.54 Å². The van der Waals surface area contributed by atoms with Gasteiger partial charge in [-0.15, -0.1) is 22.7 Å². The van der Waals surface area contributed by atoms with Gasteiger partial charge in [0, 0.05) is 18.3 Å². The molecule has 136 valence electrons. The lowest BCUT2D eigenvalue weighted by molar-refractivity contribution is -0.154. The Morgan fingerprint density at radius 3 is 2.81 bits per heavy atom. The molecule has 0 saturated heterocycles. The van der Waals surface area contributed by atoms with Crippen LogP contribution in [0.1, 0.15) is 15.2 Å². The van der Waals surface area contributed by atoms with Crippen molar-refractivity contribution in [3.05, 3.63) is 52.5 Å². The molecule has 0 radical (unpaired) electrons. The molecule has 26 heavy (non-hydrogen) atoms. The fourth-order valence-corrected chi connectivity index (χ4v) is 3.63. The first kappa shape index (κ1) is 18.3. The zero-order valence-electron chi connectivity index (χ0n) is 13.1. The van der Waals surface area contributed by atoms with Crippen LogP contribution < -0.4 is 10.1 Å². The van der Waals surface area contributed by atoms with Crippen molar-refractivity contribution >= 4 is 28.6 Å². The summed E-state index contributed by atoms with van der Waals surface area (Å²) in [6.07, 6.45) is -1.66. The SMILES string of the molecule is O=C(NCc1cccnc1OCC(F)(F)F)c1cnc(-c2cccs2)s1. The number of pyridine rings is 1. The molecule has 0 aromatic carbocycles. The van der Waals surface area contributed by atoms with Crippen LogP contribution in [0.25, 0.3) is 9.88 Å². The van der Waals surface area contributed by atoms with Crippen LogP contribution >= 0.6 is 22.7 Å². The zero-order chi connectivity index (χ0) is 18.6. The molecule has 5 nitrogen and oxygen atoms in total. The molecular weight excluding hydrogens is 387 g/mol. The number of hydrogen-bond donors (Lipinski definition) is 1. The average molecular weight is 399 g/mol. The Morgan fingerprint density at radius 2 is 2.08 bits per heavy atom. The summed E-state index contributed by atoms with van der Waals surface area (Å²) in [6.45, 7) is -1.45. The van der Waals surface area contributed by atoms with Gasteiger partial charge in [0.2, 0.25) is 5.88 Å². The van der Waals surface area contributed by atoms with E-state index in [1.807, 2.05) is 17.5 Å². The molecule has 3 heterocycles. The number of hydrogen-bond acceptors (Lipinski definition) is 6. The first-order valence-corrected chi connectivity index (χ1v) is 9.03. The minimum atomic E-state index is -4.46. The molecule has 3 rings (SSSR count). The van der Waals surface area contributed by atoms with E-state index in [-0.39, 0.29) is 18.3 Å². The largest absolute Gasteiger partial charge is 0.468 e. The van der Waals surface area contributed by atoms with Crippen LogP contribution in [0.15, 0.2) is 42.0 Å². The lowest BCUT2D eigenvalue weighted by Crippen LogP contribution is -2.24. The van der Waals surface area contributed by atoms with E-state index in [1.165, 1.54) is 35.1 Å². The maximum Gasteiger partial charge on any atom is 0.422 e. The van der Waals surface area contributed by atoms with Crippen molar-refractivity contribution < 1.29 is 22.7 Å². The summed E-state index contributed by atoms with van der Waals surface area (Å²) in [5.41, 5.74) is 0.355. The van der Waals surface area contributed by atoms with Gasteiger partial charge in [-0.3, -0.25) is 4.79 Å². The van der Waals surface area contributed by atoms with Gasteiger partial charge in [-0.05, 0) is 17.5 Å². The number of carbonyl (C=O) groups is 1. The number of amides is 1. The van der Waals surface area contributed by atoms with E-state index >= 15 is 0 Å². The highest BCUT2D eigenvalue weighted by atomic mass is 32.1. The van der Waals surface area contributed by atoms with Crippen LogP contribution in [-0.4, -0.2) is 28.7 Å². The fraction of sp³-hybridized carbons (Fsp3) is 0.188. The van der Waals surface area contributed by atoms with Gasteiger partial charge in [-0.2, -0.15) is 13.2 Å². The van der Waals surface area contributed by atoms with Gasteiger partial charge in [0.25, 0.3) is 5.91 Å². The van der Waals surface area contributed by atoms with Gasteiger partial charge < -0.3 is 10.1 Å². The van der Waals surface area contributed by atoms with E-state index in [4.69, 9.17) is 4.74 Å². The molecule has 0 aliphatic heterocycles. The average Bonchev–Trinajstić information content (AvgIpc) is 3.28. The Labute approximate surface area is 154 Å². The third-order valence-corrected chi connectivity index (χ3v) is 5.16. The first-order valence-electron chi connectivity index (χ1n) is 7.34. The van der Waals surface area contributed by atoms with Crippen molar-refractivity contribution in [2.24, 2.45) is 0 Å². The van der Waals surface area contributed by atoms with Crippen LogP contribution in [0.2, 0.25) is 0 Å². The molecule has 0 spiro atoms. The molecule has 3 aromatic rings.